The van der Waals surface area contributed by atoms with Crippen molar-refractivity contribution in [3.8, 4) is 11.3 Å². The van der Waals surface area contributed by atoms with Crippen molar-refractivity contribution in [2.45, 2.75) is 0 Å². The molecule has 3 rings (SSSR count). The van der Waals surface area contributed by atoms with Gasteiger partial charge in [-0.05, 0) is 23.7 Å². The molecule has 0 aliphatic carbocycles. The Balaban J connectivity index is 0.00000147. The lowest BCUT2D eigenvalue weighted by atomic mass is 10.0. The molecule has 3 aromatic rings. The van der Waals surface area contributed by atoms with Gasteiger partial charge < -0.3 is 0 Å². The average molecular weight is 304 g/mol. The van der Waals surface area contributed by atoms with Crippen molar-refractivity contribution >= 4 is 40.2 Å². The normalized spacial score (nSPS) is 10.1. The van der Waals surface area contributed by atoms with Crippen molar-refractivity contribution in [1.29, 1.82) is 0 Å². The zero-order chi connectivity index (χ0) is 13.2. The van der Waals surface area contributed by atoms with Crippen LogP contribution in [0.5, 0.6) is 0 Å². The second-order valence-electron chi connectivity index (χ2n) is 4.21. The Kier molecular flexibility index (Phi) is 4.38. The first kappa shape index (κ1) is 14.5. The van der Waals surface area contributed by atoms with Gasteiger partial charge in [0.25, 0.3) is 5.24 Å². The van der Waals surface area contributed by atoms with Crippen molar-refractivity contribution in [3.05, 3.63) is 66.2 Å². The zero-order valence-electron chi connectivity index (χ0n) is 10.4. The molecule has 0 saturated carbocycles. The van der Waals surface area contributed by atoms with Crippen LogP contribution in [-0.4, -0.2) is 10.2 Å². The molecule has 0 atom stereocenters. The standard InChI is InChI=1S/C16H10ClNO.ClH/c17-16(19)13-10-15(11-6-2-1-3-7-11)18-14-9-5-4-8-12(13)14;/h1-10H;1H. The molecular weight excluding hydrogens is 293 g/mol. The third kappa shape index (κ3) is 2.67. The van der Waals surface area contributed by atoms with Crippen molar-refractivity contribution in [2.75, 3.05) is 0 Å². The molecule has 1 heterocycles. The van der Waals surface area contributed by atoms with E-state index in [0.717, 1.165) is 22.2 Å². The van der Waals surface area contributed by atoms with Crippen LogP contribution < -0.4 is 0 Å². The monoisotopic (exact) mass is 303 g/mol. The topological polar surface area (TPSA) is 30.0 Å². The molecule has 20 heavy (non-hydrogen) atoms. The Labute approximate surface area is 127 Å². The fourth-order valence-electron chi connectivity index (χ4n) is 2.09. The quantitative estimate of drug-likeness (QED) is 0.642. The predicted octanol–water partition coefficient (Wildman–Crippen LogP) is 4.70. The minimum absolute atomic E-state index is 0. The number of nitrogens with zero attached hydrogens (tertiary/aromatic N) is 1. The summed E-state index contributed by atoms with van der Waals surface area (Å²) in [6.45, 7) is 0. The Morgan fingerprint density at radius 1 is 0.950 bits per heavy atom. The highest BCUT2D eigenvalue weighted by molar-refractivity contribution is 6.68. The Morgan fingerprint density at radius 2 is 1.60 bits per heavy atom. The van der Waals surface area contributed by atoms with E-state index in [9.17, 15) is 4.79 Å². The van der Waals surface area contributed by atoms with E-state index in [1.165, 1.54) is 0 Å². The maximum absolute atomic E-state index is 11.6. The van der Waals surface area contributed by atoms with Crippen LogP contribution in [-0.2, 0) is 0 Å². The van der Waals surface area contributed by atoms with Crippen molar-refractivity contribution in [3.63, 3.8) is 0 Å². The summed E-state index contributed by atoms with van der Waals surface area (Å²) in [6, 6.07) is 19.0. The molecule has 0 aliphatic heterocycles. The van der Waals surface area contributed by atoms with E-state index in [4.69, 9.17) is 11.6 Å². The van der Waals surface area contributed by atoms with Crippen LogP contribution in [0, 0.1) is 0 Å². The Morgan fingerprint density at radius 3 is 2.30 bits per heavy atom. The zero-order valence-corrected chi connectivity index (χ0v) is 12.0. The number of carbonyl (C=O) groups is 1. The number of hydrogen-bond acceptors (Lipinski definition) is 2. The summed E-state index contributed by atoms with van der Waals surface area (Å²) in [5.41, 5.74) is 2.98. The molecule has 4 heteroatoms. The largest absolute Gasteiger partial charge is 0.276 e. The van der Waals surface area contributed by atoms with Gasteiger partial charge in [-0.15, -0.1) is 12.4 Å². The third-order valence-corrected chi connectivity index (χ3v) is 3.20. The summed E-state index contributed by atoms with van der Waals surface area (Å²) in [5.74, 6) is 0. The fourth-order valence-corrected chi connectivity index (χ4v) is 2.25. The van der Waals surface area contributed by atoms with E-state index < -0.39 is 5.24 Å². The van der Waals surface area contributed by atoms with E-state index in [1.54, 1.807) is 6.07 Å². The van der Waals surface area contributed by atoms with Gasteiger partial charge in [0.1, 0.15) is 0 Å². The van der Waals surface area contributed by atoms with Crippen LogP contribution in [0.25, 0.3) is 22.2 Å². The number of halogens is 2. The number of para-hydroxylation sites is 1. The first-order valence-corrected chi connectivity index (χ1v) is 6.28. The number of rotatable bonds is 2. The van der Waals surface area contributed by atoms with Crippen LogP contribution >= 0.6 is 24.0 Å². The lowest BCUT2D eigenvalue weighted by Gasteiger charge is -2.06. The van der Waals surface area contributed by atoms with Gasteiger partial charge in [0.15, 0.2) is 0 Å². The Bertz CT molecular complexity index is 757. The van der Waals surface area contributed by atoms with Gasteiger partial charge in [0.2, 0.25) is 0 Å². The molecule has 1 aromatic heterocycles. The van der Waals surface area contributed by atoms with Crippen molar-refractivity contribution in [2.24, 2.45) is 0 Å². The molecule has 2 nitrogen and oxygen atoms in total. The van der Waals surface area contributed by atoms with Crippen LogP contribution in [0.3, 0.4) is 0 Å². The molecule has 0 fully saturated rings. The smallest absolute Gasteiger partial charge is 0.253 e. The first-order chi connectivity index (χ1) is 9.25. The maximum atomic E-state index is 11.6. The predicted molar refractivity (Wildman–Crippen MR) is 84.6 cm³/mol. The lowest BCUT2D eigenvalue weighted by molar-refractivity contribution is 0.108. The molecule has 2 aromatic carbocycles. The molecule has 0 saturated heterocycles. The van der Waals surface area contributed by atoms with Crippen LogP contribution in [0.4, 0.5) is 0 Å². The van der Waals surface area contributed by atoms with E-state index >= 15 is 0 Å². The molecule has 0 radical (unpaired) electrons. The molecular formula is C16H11Cl2NO. The van der Waals surface area contributed by atoms with Gasteiger partial charge in [-0.1, -0.05) is 48.5 Å². The summed E-state index contributed by atoms with van der Waals surface area (Å²) in [6.07, 6.45) is 0. The highest BCUT2D eigenvalue weighted by Crippen LogP contribution is 2.25. The molecule has 0 spiro atoms. The molecule has 0 aliphatic rings. The van der Waals surface area contributed by atoms with E-state index in [2.05, 4.69) is 4.98 Å². The van der Waals surface area contributed by atoms with Crippen LogP contribution in [0.15, 0.2) is 60.7 Å². The minimum atomic E-state index is -0.462. The summed E-state index contributed by atoms with van der Waals surface area (Å²) >= 11 is 5.67. The minimum Gasteiger partial charge on any atom is -0.276 e. The van der Waals surface area contributed by atoms with Gasteiger partial charge >= 0.3 is 0 Å². The number of carbonyl (C=O) groups excluding carboxylic acids is 1. The van der Waals surface area contributed by atoms with Crippen molar-refractivity contribution in [1.82, 2.24) is 4.98 Å². The molecule has 0 bridgehead atoms. The number of fused-ring (bicyclic) bond motifs is 1. The molecule has 0 unspecified atom stereocenters. The second-order valence-corrected chi connectivity index (χ2v) is 4.56. The van der Waals surface area contributed by atoms with E-state index in [-0.39, 0.29) is 12.4 Å². The van der Waals surface area contributed by atoms with Gasteiger partial charge in [-0.3, -0.25) is 4.79 Å². The number of aromatic nitrogens is 1. The highest BCUT2D eigenvalue weighted by atomic mass is 35.5. The lowest BCUT2D eigenvalue weighted by Crippen LogP contribution is -1.95. The van der Waals surface area contributed by atoms with E-state index in [1.807, 2.05) is 54.6 Å². The van der Waals surface area contributed by atoms with Crippen molar-refractivity contribution < 1.29 is 4.79 Å². The van der Waals surface area contributed by atoms with Gasteiger partial charge in [0.05, 0.1) is 11.2 Å². The number of benzene rings is 2. The molecule has 100 valence electrons. The Hall–Kier alpha value is -1.90. The summed E-state index contributed by atoms with van der Waals surface area (Å²) in [5, 5.41) is 0.318. The fraction of sp³-hybridized carbons (Fsp3) is 0. The third-order valence-electron chi connectivity index (χ3n) is 3.00. The SMILES string of the molecule is Cl.O=C(Cl)c1cc(-c2ccccc2)nc2ccccc12. The number of hydrogen-bond donors (Lipinski definition) is 0. The molecule has 0 N–H and O–H groups in total. The molecule has 0 amide bonds. The summed E-state index contributed by atoms with van der Waals surface area (Å²) < 4.78 is 0. The maximum Gasteiger partial charge on any atom is 0.253 e. The van der Waals surface area contributed by atoms with Crippen LogP contribution in [0.1, 0.15) is 10.4 Å². The van der Waals surface area contributed by atoms with Gasteiger partial charge in [-0.25, -0.2) is 4.98 Å². The van der Waals surface area contributed by atoms with E-state index in [0.29, 0.717) is 5.56 Å². The summed E-state index contributed by atoms with van der Waals surface area (Å²) in [4.78, 5) is 16.2. The van der Waals surface area contributed by atoms with Gasteiger partial charge in [0, 0.05) is 16.5 Å². The average Bonchev–Trinajstić information content (AvgIpc) is 2.47. The number of pyridine rings is 1. The van der Waals surface area contributed by atoms with Gasteiger partial charge in [-0.2, -0.15) is 0 Å². The first-order valence-electron chi connectivity index (χ1n) is 5.91. The van der Waals surface area contributed by atoms with Crippen LogP contribution in [0.2, 0.25) is 0 Å². The highest BCUT2D eigenvalue weighted by Gasteiger charge is 2.11. The second kappa shape index (κ2) is 6.04. The summed E-state index contributed by atoms with van der Waals surface area (Å²) in [7, 11) is 0.